The predicted molar refractivity (Wildman–Crippen MR) is 64.8 cm³/mol. The first-order chi connectivity index (χ1) is 7.30. The quantitative estimate of drug-likeness (QED) is 0.775. The van der Waals surface area contributed by atoms with Crippen molar-refractivity contribution in [3.05, 3.63) is 0 Å². The second-order valence-electron chi connectivity index (χ2n) is 5.49. The van der Waals surface area contributed by atoms with Crippen LogP contribution >= 0.6 is 0 Å². The summed E-state index contributed by atoms with van der Waals surface area (Å²) in [5, 5.41) is 0. The van der Waals surface area contributed by atoms with E-state index in [4.69, 9.17) is 5.73 Å². The molecule has 2 nitrogen and oxygen atoms in total. The summed E-state index contributed by atoms with van der Waals surface area (Å²) >= 11 is 0. The molecule has 1 aliphatic heterocycles. The van der Waals surface area contributed by atoms with Crippen molar-refractivity contribution >= 4 is 0 Å². The van der Waals surface area contributed by atoms with Gasteiger partial charge in [0.25, 0.3) is 0 Å². The molecule has 2 aliphatic rings. The molecule has 0 aromatic heterocycles. The average Bonchev–Trinajstić information content (AvgIpc) is 2.75. The summed E-state index contributed by atoms with van der Waals surface area (Å²) in [4.78, 5) is 2.71. The van der Waals surface area contributed by atoms with E-state index in [2.05, 4.69) is 11.8 Å². The summed E-state index contributed by atoms with van der Waals surface area (Å²) in [6, 6.07) is 0. The molecule has 1 heterocycles. The van der Waals surface area contributed by atoms with Crippen LogP contribution in [0.3, 0.4) is 0 Å². The van der Waals surface area contributed by atoms with E-state index in [0.29, 0.717) is 5.54 Å². The topological polar surface area (TPSA) is 29.3 Å². The van der Waals surface area contributed by atoms with Gasteiger partial charge in [0, 0.05) is 12.1 Å². The Morgan fingerprint density at radius 1 is 1.27 bits per heavy atom. The highest BCUT2D eigenvalue weighted by molar-refractivity contribution is 4.99. The Labute approximate surface area is 94.2 Å². The monoisotopic (exact) mass is 210 g/mol. The molecule has 1 saturated carbocycles. The molecule has 0 spiro atoms. The van der Waals surface area contributed by atoms with Crippen molar-refractivity contribution in [1.82, 2.24) is 4.90 Å². The van der Waals surface area contributed by atoms with E-state index >= 15 is 0 Å². The lowest BCUT2D eigenvalue weighted by molar-refractivity contribution is 0.0736. The van der Waals surface area contributed by atoms with Crippen molar-refractivity contribution in [2.24, 2.45) is 11.7 Å². The number of likely N-dealkylation sites (tertiary alicyclic amines) is 1. The molecule has 0 bridgehead atoms. The molecule has 1 aliphatic carbocycles. The van der Waals surface area contributed by atoms with Crippen molar-refractivity contribution in [2.45, 2.75) is 57.4 Å². The number of rotatable bonds is 3. The van der Waals surface area contributed by atoms with Crippen LogP contribution in [0.5, 0.6) is 0 Å². The van der Waals surface area contributed by atoms with Crippen LogP contribution in [-0.2, 0) is 0 Å². The molecule has 0 aromatic carbocycles. The average molecular weight is 210 g/mol. The van der Waals surface area contributed by atoms with Gasteiger partial charge in [0.15, 0.2) is 0 Å². The summed E-state index contributed by atoms with van der Waals surface area (Å²) < 4.78 is 0. The number of hydrogen-bond donors (Lipinski definition) is 1. The van der Waals surface area contributed by atoms with E-state index in [-0.39, 0.29) is 0 Å². The third-order valence-electron chi connectivity index (χ3n) is 4.67. The lowest BCUT2D eigenvalue weighted by Crippen LogP contribution is -2.54. The Kier molecular flexibility index (Phi) is 3.68. The fraction of sp³-hybridized carbons (Fsp3) is 1.00. The van der Waals surface area contributed by atoms with E-state index in [1.807, 2.05) is 0 Å². The highest BCUT2D eigenvalue weighted by Crippen LogP contribution is 2.40. The fourth-order valence-corrected chi connectivity index (χ4v) is 3.53. The molecule has 2 atom stereocenters. The molecule has 2 fully saturated rings. The molecule has 0 radical (unpaired) electrons. The highest BCUT2D eigenvalue weighted by atomic mass is 15.2. The normalized spacial score (nSPS) is 38.4. The zero-order valence-electron chi connectivity index (χ0n) is 10.2. The highest BCUT2D eigenvalue weighted by Gasteiger charge is 2.42. The minimum atomic E-state index is 0.390. The maximum absolute atomic E-state index is 6.07. The second-order valence-corrected chi connectivity index (χ2v) is 5.49. The van der Waals surface area contributed by atoms with Gasteiger partial charge in [-0.05, 0) is 51.1 Å². The third-order valence-corrected chi connectivity index (χ3v) is 4.67. The number of nitrogens with zero attached hydrogens (tertiary/aromatic N) is 1. The first-order valence-corrected chi connectivity index (χ1v) is 6.76. The van der Waals surface area contributed by atoms with Crippen LogP contribution in [-0.4, -0.2) is 30.1 Å². The van der Waals surface area contributed by atoms with Crippen molar-refractivity contribution in [1.29, 1.82) is 0 Å². The number of nitrogens with two attached hydrogens (primary N) is 1. The van der Waals surface area contributed by atoms with E-state index in [1.165, 1.54) is 58.0 Å². The predicted octanol–water partition coefficient (Wildman–Crippen LogP) is 2.38. The van der Waals surface area contributed by atoms with Gasteiger partial charge in [-0.2, -0.15) is 0 Å². The second kappa shape index (κ2) is 4.84. The van der Waals surface area contributed by atoms with Crippen LogP contribution in [0.15, 0.2) is 0 Å². The molecule has 15 heavy (non-hydrogen) atoms. The van der Waals surface area contributed by atoms with E-state index in [9.17, 15) is 0 Å². The van der Waals surface area contributed by atoms with Gasteiger partial charge < -0.3 is 5.73 Å². The Hall–Kier alpha value is -0.0800. The van der Waals surface area contributed by atoms with Gasteiger partial charge in [0.2, 0.25) is 0 Å². The molecule has 1 saturated heterocycles. The van der Waals surface area contributed by atoms with E-state index in [0.717, 1.165) is 12.5 Å². The largest absolute Gasteiger partial charge is 0.329 e. The Bertz CT molecular complexity index is 199. The molecule has 0 amide bonds. The van der Waals surface area contributed by atoms with Crippen LogP contribution in [0.2, 0.25) is 0 Å². The van der Waals surface area contributed by atoms with Crippen molar-refractivity contribution < 1.29 is 0 Å². The Morgan fingerprint density at radius 3 is 2.53 bits per heavy atom. The first kappa shape index (κ1) is 11.4. The molecule has 2 unspecified atom stereocenters. The minimum Gasteiger partial charge on any atom is -0.329 e. The summed E-state index contributed by atoms with van der Waals surface area (Å²) in [6.45, 7) is 5.80. The number of piperidine rings is 1. The SMILES string of the molecule is CCC1CCC(CN)(N2CCCCC2)C1. The molecular formula is C13H26N2. The van der Waals surface area contributed by atoms with Crippen molar-refractivity contribution in [3.63, 3.8) is 0 Å². The standard InChI is InChI=1S/C13H26N2/c1-2-12-6-7-13(10-12,11-14)15-8-4-3-5-9-15/h12H,2-11,14H2,1H3. The van der Waals surface area contributed by atoms with Crippen LogP contribution < -0.4 is 5.73 Å². The van der Waals surface area contributed by atoms with Gasteiger partial charge in [-0.15, -0.1) is 0 Å². The Morgan fingerprint density at radius 2 is 2.00 bits per heavy atom. The van der Waals surface area contributed by atoms with Gasteiger partial charge in [-0.25, -0.2) is 0 Å². The minimum absolute atomic E-state index is 0.390. The summed E-state index contributed by atoms with van der Waals surface area (Å²) in [5.41, 5.74) is 6.46. The molecule has 0 aromatic rings. The lowest BCUT2D eigenvalue weighted by Gasteiger charge is -2.43. The van der Waals surface area contributed by atoms with Crippen molar-refractivity contribution in [3.8, 4) is 0 Å². The molecule has 2 rings (SSSR count). The lowest BCUT2D eigenvalue weighted by atomic mass is 9.90. The van der Waals surface area contributed by atoms with Gasteiger partial charge >= 0.3 is 0 Å². The third kappa shape index (κ3) is 2.21. The fourth-order valence-electron chi connectivity index (χ4n) is 3.53. The van der Waals surface area contributed by atoms with Gasteiger partial charge in [-0.1, -0.05) is 19.8 Å². The van der Waals surface area contributed by atoms with Gasteiger partial charge in [0.1, 0.15) is 0 Å². The molecule has 2 N–H and O–H groups in total. The molecule has 2 heteroatoms. The summed E-state index contributed by atoms with van der Waals surface area (Å²) in [7, 11) is 0. The van der Waals surface area contributed by atoms with Crippen LogP contribution in [0.25, 0.3) is 0 Å². The number of hydrogen-bond acceptors (Lipinski definition) is 2. The van der Waals surface area contributed by atoms with Crippen molar-refractivity contribution in [2.75, 3.05) is 19.6 Å². The van der Waals surface area contributed by atoms with Crippen LogP contribution in [0, 0.1) is 5.92 Å². The Balaban J connectivity index is 2.01. The van der Waals surface area contributed by atoms with Gasteiger partial charge in [0.05, 0.1) is 0 Å². The molecular weight excluding hydrogens is 184 g/mol. The zero-order valence-corrected chi connectivity index (χ0v) is 10.2. The smallest absolute Gasteiger partial charge is 0.0334 e. The summed E-state index contributed by atoms with van der Waals surface area (Å²) in [6.07, 6.45) is 9.66. The van der Waals surface area contributed by atoms with Crippen LogP contribution in [0.4, 0.5) is 0 Å². The summed E-state index contributed by atoms with van der Waals surface area (Å²) in [5.74, 6) is 0.940. The molecule has 88 valence electrons. The van der Waals surface area contributed by atoms with E-state index in [1.54, 1.807) is 0 Å². The van der Waals surface area contributed by atoms with Crippen LogP contribution in [0.1, 0.15) is 51.9 Å². The zero-order chi connectivity index (χ0) is 10.7. The van der Waals surface area contributed by atoms with Gasteiger partial charge in [-0.3, -0.25) is 4.90 Å². The first-order valence-electron chi connectivity index (χ1n) is 6.76. The maximum atomic E-state index is 6.07. The van der Waals surface area contributed by atoms with E-state index < -0.39 is 0 Å². The maximum Gasteiger partial charge on any atom is 0.0334 e.